The van der Waals surface area contributed by atoms with E-state index in [0.717, 1.165) is 15.3 Å². The molecule has 0 radical (unpaired) electrons. The Morgan fingerprint density at radius 2 is 1.96 bits per heavy atom. The molecule has 0 atom stereocenters. The van der Waals surface area contributed by atoms with Gasteiger partial charge in [-0.15, -0.1) is 5.10 Å². The summed E-state index contributed by atoms with van der Waals surface area (Å²) in [5.74, 6) is 5.85. The number of amidine groups is 1. The molecule has 0 bridgehead atoms. The maximum absolute atomic E-state index is 12.6. The van der Waals surface area contributed by atoms with E-state index in [-0.39, 0.29) is 18.9 Å². The molecule has 7 nitrogen and oxygen atoms in total. The van der Waals surface area contributed by atoms with E-state index < -0.39 is 6.67 Å². The van der Waals surface area contributed by atoms with Crippen LogP contribution in [0.25, 0.3) is 0 Å². The molecule has 2 aromatic carbocycles. The number of hydrazone groups is 1. The molecule has 132 valence electrons. The standard InChI is InChI=1S/C16H18BrFN6O/c17-12-3-6-15(22-13-4-1-11(10-18)2-5-13)14(9-12)16(19)23-24(20)8-7-21-25/h1-6,9,22H,7-8,10,20H2,(H2,19,23). The SMILES string of the molecule is N/C(=N\N(N)CCN=O)c1cc(Br)ccc1Nc1ccc(CF)cc1. The molecular formula is C16H18BrFN6O. The molecule has 0 saturated carbocycles. The van der Waals surface area contributed by atoms with Crippen LogP contribution in [0.4, 0.5) is 15.8 Å². The number of hydrogen-bond acceptors (Lipinski definition) is 6. The number of nitrogens with one attached hydrogen (secondary N) is 1. The third kappa shape index (κ3) is 5.50. The van der Waals surface area contributed by atoms with Gasteiger partial charge in [0, 0.05) is 21.4 Å². The fraction of sp³-hybridized carbons (Fsp3) is 0.188. The van der Waals surface area contributed by atoms with Gasteiger partial charge in [-0.2, -0.15) is 4.91 Å². The van der Waals surface area contributed by atoms with Crippen LogP contribution < -0.4 is 16.9 Å². The van der Waals surface area contributed by atoms with Crippen molar-refractivity contribution in [3.63, 3.8) is 0 Å². The number of nitrogens with two attached hydrogens (primary N) is 2. The molecule has 0 amide bonds. The van der Waals surface area contributed by atoms with Crippen LogP contribution in [-0.4, -0.2) is 24.0 Å². The Hall–Kier alpha value is -2.52. The van der Waals surface area contributed by atoms with Crippen molar-refractivity contribution in [3.8, 4) is 0 Å². The van der Waals surface area contributed by atoms with Crippen LogP contribution in [0, 0.1) is 4.91 Å². The molecule has 9 heteroatoms. The van der Waals surface area contributed by atoms with Crippen LogP contribution >= 0.6 is 15.9 Å². The van der Waals surface area contributed by atoms with Crippen LogP contribution in [0.15, 0.2) is 57.2 Å². The molecule has 0 fully saturated rings. The van der Waals surface area contributed by atoms with Gasteiger partial charge in [-0.05, 0) is 35.9 Å². The summed E-state index contributed by atoms with van der Waals surface area (Å²) in [5, 5.41) is 11.1. The van der Waals surface area contributed by atoms with Gasteiger partial charge in [0.05, 0.1) is 6.54 Å². The van der Waals surface area contributed by atoms with E-state index in [0.29, 0.717) is 16.8 Å². The number of hydrazine groups is 1. The number of nitrogens with zero attached hydrogens (tertiary/aromatic N) is 3. The predicted octanol–water partition coefficient (Wildman–Crippen LogP) is 3.22. The molecule has 0 heterocycles. The summed E-state index contributed by atoms with van der Waals surface area (Å²) in [6.45, 7) is -0.338. The zero-order valence-electron chi connectivity index (χ0n) is 13.3. The number of benzene rings is 2. The van der Waals surface area contributed by atoms with Crippen molar-refractivity contribution in [1.82, 2.24) is 5.12 Å². The average molecular weight is 409 g/mol. The van der Waals surface area contributed by atoms with Crippen molar-refractivity contribution in [2.24, 2.45) is 21.9 Å². The lowest BCUT2D eigenvalue weighted by Gasteiger charge is -2.15. The molecule has 0 unspecified atom stereocenters. The quantitative estimate of drug-likeness (QED) is 0.204. The van der Waals surface area contributed by atoms with Crippen LogP contribution in [-0.2, 0) is 6.67 Å². The van der Waals surface area contributed by atoms with Gasteiger partial charge in [-0.25, -0.2) is 15.4 Å². The minimum Gasteiger partial charge on any atom is -0.382 e. The van der Waals surface area contributed by atoms with Crippen LogP contribution in [0.3, 0.4) is 0 Å². The lowest BCUT2D eigenvalue weighted by Crippen LogP contribution is -2.31. The Balaban J connectivity index is 2.26. The Morgan fingerprint density at radius 3 is 2.60 bits per heavy atom. The van der Waals surface area contributed by atoms with Gasteiger partial charge in [0.15, 0.2) is 5.84 Å². The maximum Gasteiger partial charge on any atom is 0.154 e. The van der Waals surface area contributed by atoms with Crippen molar-refractivity contribution in [3.05, 3.63) is 63.0 Å². The van der Waals surface area contributed by atoms with Crippen molar-refractivity contribution in [1.29, 1.82) is 0 Å². The number of alkyl halides is 1. The van der Waals surface area contributed by atoms with Gasteiger partial charge in [0.25, 0.3) is 0 Å². The largest absolute Gasteiger partial charge is 0.382 e. The van der Waals surface area contributed by atoms with Gasteiger partial charge in [-0.1, -0.05) is 33.2 Å². The summed E-state index contributed by atoms with van der Waals surface area (Å²) in [5.41, 5.74) is 8.76. The van der Waals surface area contributed by atoms with E-state index in [2.05, 4.69) is 31.5 Å². The molecule has 0 aliphatic carbocycles. The van der Waals surface area contributed by atoms with Crippen molar-refractivity contribution in [2.45, 2.75) is 6.67 Å². The second-order valence-corrected chi connectivity index (χ2v) is 6.06. The minimum absolute atomic E-state index is 0.0117. The van der Waals surface area contributed by atoms with Crippen LogP contribution in [0.5, 0.6) is 0 Å². The second kappa shape index (κ2) is 9.09. The average Bonchev–Trinajstić information content (AvgIpc) is 2.62. The van der Waals surface area contributed by atoms with Gasteiger partial charge in [-0.3, -0.25) is 0 Å². The molecule has 0 aliphatic rings. The topological polar surface area (TPSA) is 109 Å². The Kier molecular flexibility index (Phi) is 6.84. The number of hydrogen-bond donors (Lipinski definition) is 3. The van der Waals surface area contributed by atoms with Gasteiger partial charge >= 0.3 is 0 Å². The number of anilines is 2. The van der Waals surface area contributed by atoms with E-state index in [9.17, 15) is 9.30 Å². The molecule has 2 rings (SSSR count). The van der Waals surface area contributed by atoms with Gasteiger partial charge in [0.2, 0.25) is 0 Å². The highest BCUT2D eigenvalue weighted by Crippen LogP contribution is 2.25. The molecule has 0 aliphatic heterocycles. The smallest absolute Gasteiger partial charge is 0.154 e. The molecule has 2 aromatic rings. The number of rotatable bonds is 8. The van der Waals surface area contributed by atoms with E-state index in [1.807, 2.05) is 12.1 Å². The first-order valence-corrected chi connectivity index (χ1v) is 8.20. The molecule has 0 saturated heterocycles. The molecule has 5 N–H and O–H groups in total. The number of nitroso groups, excluding NO2 is 1. The van der Waals surface area contributed by atoms with Gasteiger partial charge < -0.3 is 11.1 Å². The van der Waals surface area contributed by atoms with Crippen molar-refractivity contribution >= 4 is 33.1 Å². The molecular weight excluding hydrogens is 391 g/mol. The zero-order valence-corrected chi connectivity index (χ0v) is 14.9. The summed E-state index contributed by atoms with van der Waals surface area (Å²) < 4.78 is 13.4. The summed E-state index contributed by atoms with van der Waals surface area (Å²) in [6, 6.07) is 12.4. The van der Waals surface area contributed by atoms with Crippen molar-refractivity contribution in [2.75, 3.05) is 18.4 Å². The van der Waals surface area contributed by atoms with E-state index in [1.165, 1.54) is 0 Å². The molecule has 0 spiro atoms. The highest BCUT2D eigenvalue weighted by Gasteiger charge is 2.09. The summed E-state index contributed by atoms with van der Waals surface area (Å²) in [6.07, 6.45) is 0. The Bertz CT molecular complexity index is 753. The van der Waals surface area contributed by atoms with Crippen LogP contribution in [0.1, 0.15) is 11.1 Å². The summed E-state index contributed by atoms with van der Waals surface area (Å²) in [7, 11) is 0. The van der Waals surface area contributed by atoms with Crippen molar-refractivity contribution < 1.29 is 4.39 Å². The third-order valence-corrected chi connectivity index (χ3v) is 3.79. The van der Waals surface area contributed by atoms with E-state index >= 15 is 0 Å². The molecule has 25 heavy (non-hydrogen) atoms. The monoisotopic (exact) mass is 408 g/mol. The highest BCUT2D eigenvalue weighted by molar-refractivity contribution is 9.10. The summed E-state index contributed by atoms with van der Waals surface area (Å²) >= 11 is 3.40. The lowest BCUT2D eigenvalue weighted by atomic mass is 10.1. The predicted molar refractivity (Wildman–Crippen MR) is 101 cm³/mol. The minimum atomic E-state index is -0.509. The maximum atomic E-state index is 12.6. The normalized spacial score (nSPS) is 11.2. The third-order valence-electron chi connectivity index (χ3n) is 3.30. The fourth-order valence-corrected chi connectivity index (χ4v) is 2.42. The lowest BCUT2D eigenvalue weighted by molar-refractivity contribution is 0.308. The zero-order chi connectivity index (χ0) is 18.2. The first-order chi connectivity index (χ1) is 12.0. The molecule has 0 aromatic heterocycles. The van der Waals surface area contributed by atoms with Gasteiger partial charge in [0.1, 0.15) is 13.2 Å². The Morgan fingerprint density at radius 1 is 1.24 bits per heavy atom. The van der Waals surface area contributed by atoms with E-state index in [4.69, 9.17) is 11.6 Å². The second-order valence-electron chi connectivity index (χ2n) is 5.15. The van der Waals surface area contributed by atoms with E-state index in [1.54, 1.807) is 30.3 Å². The highest BCUT2D eigenvalue weighted by atomic mass is 79.9. The Labute approximate surface area is 153 Å². The number of halogens is 2. The van der Waals surface area contributed by atoms with Crippen LogP contribution in [0.2, 0.25) is 0 Å². The first kappa shape index (κ1) is 18.8. The summed E-state index contributed by atoms with van der Waals surface area (Å²) in [4.78, 5) is 10.2. The first-order valence-electron chi connectivity index (χ1n) is 7.40. The fourth-order valence-electron chi connectivity index (χ4n) is 2.06.